The molecule has 0 saturated carbocycles. The molecule has 0 radical (unpaired) electrons. The van der Waals surface area contributed by atoms with Crippen molar-refractivity contribution >= 4 is 13.5 Å². The van der Waals surface area contributed by atoms with Gasteiger partial charge in [-0.25, -0.2) is 0 Å². The SMILES string of the molecule is C=CCN(Cc1ccccc1)C(=O)CP(=O)(OCC)OCC. The van der Waals surface area contributed by atoms with E-state index in [1.807, 2.05) is 30.3 Å². The summed E-state index contributed by atoms with van der Waals surface area (Å²) in [5.41, 5.74) is 1.00. The van der Waals surface area contributed by atoms with Crippen LogP contribution in [0.15, 0.2) is 43.0 Å². The van der Waals surface area contributed by atoms with Crippen molar-refractivity contribution in [2.75, 3.05) is 25.9 Å². The van der Waals surface area contributed by atoms with Crippen LogP contribution in [0.1, 0.15) is 19.4 Å². The van der Waals surface area contributed by atoms with Gasteiger partial charge >= 0.3 is 7.60 Å². The first kappa shape index (κ1) is 18.6. The van der Waals surface area contributed by atoms with Gasteiger partial charge in [0.2, 0.25) is 5.91 Å². The van der Waals surface area contributed by atoms with Gasteiger partial charge in [-0.05, 0) is 19.4 Å². The molecular weight excluding hydrogens is 301 g/mol. The predicted octanol–water partition coefficient (Wildman–Crippen LogP) is 3.47. The third-order valence-electron chi connectivity index (χ3n) is 2.90. The summed E-state index contributed by atoms with van der Waals surface area (Å²) in [5.74, 6) is -0.269. The molecule has 0 saturated heterocycles. The largest absolute Gasteiger partial charge is 0.340 e. The summed E-state index contributed by atoms with van der Waals surface area (Å²) in [6.07, 6.45) is 1.39. The summed E-state index contributed by atoms with van der Waals surface area (Å²) in [6.45, 7) is 8.41. The van der Waals surface area contributed by atoms with Gasteiger partial charge in [-0.2, -0.15) is 0 Å². The van der Waals surface area contributed by atoms with E-state index in [2.05, 4.69) is 6.58 Å². The molecule has 1 amide bonds. The summed E-state index contributed by atoms with van der Waals surface area (Å²) in [7, 11) is -3.38. The van der Waals surface area contributed by atoms with E-state index in [0.717, 1.165) is 5.56 Å². The zero-order valence-corrected chi connectivity index (χ0v) is 14.1. The number of benzene rings is 1. The highest BCUT2D eigenvalue weighted by Gasteiger charge is 2.30. The summed E-state index contributed by atoms with van der Waals surface area (Å²) in [4.78, 5) is 14.0. The van der Waals surface area contributed by atoms with Crippen LogP contribution in [0.2, 0.25) is 0 Å². The van der Waals surface area contributed by atoms with Gasteiger partial charge < -0.3 is 13.9 Å². The second-order valence-electron chi connectivity index (χ2n) is 4.65. The van der Waals surface area contributed by atoms with Crippen molar-refractivity contribution in [3.8, 4) is 0 Å². The molecule has 5 nitrogen and oxygen atoms in total. The fourth-order valence-electron chi connectivity index (χ4n) is 2.00. The normalized spacial score (nSPS) is 11.2. The monoisotopic (exact) mass is 325 g/mol. The van der Waals surface area contributed by atoms with E-state index in [9.17, 15) is 9.36 Å². The quantitative estimate of drug-likeness (QED) is 0.488. The van der Waals surface area contributed by atoms with Crippen molar-refractivity contribution in [1.82, 2.24) is 4.90 Å². The van der Waals surface area contributed by atoms with E-state index in [-0.39, 0.29) is 25.3 Å². The zero-order chi connectivity index (χ0) is 16.4. The summed E-state index contributed by atoms with van der Waals surface area (Å²) in [6, 6.07) is 9.62. The standard InChI is InChI=1S/C16H24NO4P/c1-4-12-17(13-15-10-8-7-9-11-15)16(18)14-22(19,20-5-2)21-6-3/h4,7-11H,1,5-6,12-14H2,2-3H3. The lowest BCUT2D eigenvalue weighted by molar-refractivity contribution is -0.128. The Balaban J connectivity index is 2.79. The van der Waals surface area contributed by atoms with Gasteiger partial charge in [-0.3, -0.25) is 9.36 Å². The second-order valence-corrected chi connectivity index (χ2v) is 6.71. The molecular formula is C16H24NO4P. The van der Waals surface area contributed by atoms with Crippen molar-refractivity contribution < 1.29 is 18.4 Å². The van der Waals surface area contributed by atoms with Crippen LogP contribution in [0.3, 0.4) is 0 Å². The average Bonchev–Trinajstić information content (AvgIpc) is 2.48. The Labute approximate surface area is 132 Å². The topological polar surface area (TPSA) is 55.8 Å². The first-order valence-electron chi connectivity index (χ1n) is 7.35. The van der Waals surface area contributed by atoms with E-state index in [0.29, 0.717) is 13.1 Å². The molecule has 1 aromatic carbocycles. The molecule has 1 rings (SSSR count). The van der Waals surface area contributed by atoms with Crippen molar-refractivity contribution in [2.24, 2.45) is 0 Å². The maximum atomic E-state index is 12.5. The van der Waals surface area contributed by atoms with E-state index < -0.39 is 7.60 Å². The van der Waals surface area contributed by atoms with Crippen LogP contribution in [0, 0.1) is 0 Å². The van der Waals surface area contributed by atoms with Crippen LogP contribution in [0.4, 0.5) is 0 Å². The minimum absolute atomic E-state index is 0.241. The summed E-state index contributed by atoms with van der Waals surface area (Å²) in [5, 5.41) is 0. The van der Waals surface area contributed by atoms with Crippen molar-refractivity contribution in [3.63, 3.8) is 0 Å². The molecule has 6 heteroatoms. The van der Waals surface area contributed by atoms with Gasteiger partial charge in [0.05, 0.1) is 13.2 Å². The lowest BCUT2D eigenvalue weighted by Gasteiger charge is -2.24. The van der Waals surface area contributed by atoms with E-state index in [1.165, 1.54) is 0 Å². The maximum absolute atomic E-state index is 12.5. The Bertz CT molecular complexity index is 508. The minimum Gasteiger partial charge on any atom is -0.334 e. The Kier molecular flexibility index (Phi) is 8.10. The van der Waals surface area contributed by atoms with Crippen LogP contribution in [-0.2, 0) is 25.0 Å². The van der Waals surface area contributed by atoms with Crippen molar-refractivity contribution in [3.05, 3.63) is 48.6 Å². The van der Waals surface area contributed by atoms with Crippen molar-refractivity contribution in [1.29, 1.82) is 0 Å². The lowest BCUT2D eigenvalue weighted by atomic mass is 10.2. The minimum atomic E-state index is -3.38. The molecule has 0 atom stereocenters. The molecule has 0 fully saturated rings. The first-order chi connectivity index (χ1) is 10.5. The van der Waals surface area contributed by atoms with Gasteiger partial charge in [-0.15, -0.1) is 6.58 Å². The van der Waals surface area contributed by atoms with Crippen LogP contribution in [0.5, 0.6) is 0 Å². The molecule has 1 aromatic rings. The molecule has 22 heavy (non-hydrogen) atoms. The molecule has 0 spiro atoms. The molecule has 0 bridgehead atoms. The third-order valence-corrected chi connectivity index (χ3v) is 4.86. The fourth-order valence-corrected chi connectivity index (χ4v) is 3.58. The lowest BCUT2D eigenvalue weighted by Crippen LogP contribution is -2.33. The smallest absolute Gasteiger partial charge is 0.334 e. The average molecular weight is 325 g/mol. The molecule has 122 valence electrons. The highest BCUT2D eigenvalue weighted by Crippen LogP contribution is 2.48. The number of amides is 1. The van der Waals surface area contributed by atoms with Gasteiger partial charge in [0, 0.05) is 13.1 Å². The number of carbonyl (C=O) groups is 1. The molecule has 0 N–H and O–H groups in total. The van der Waals surface area contributed by atoms with Crippen LogP contribution in [-0.4, -0.2) is 36.7 Å². The maximum Gasteiger partial charge on any atom is 0.340 e. The second kappa shape index (κ2) is 9.57. The van der Waals surface area contributed by atoms with E-state index >= 15 is 0 Å². The van der Waals surface area contributed by atoms with Gasteiger partial charge in [0.25, 0.3) is 0 Å². The number of rotatable bonds is 10. The molecule has 0 aliphatic carbocycles. The number of carbonyl (C=O) groups excluding carboxylic acids is 1. The number of hydrogen-bond acceptors (Lipinski definition) is 4. The van der Waals surface area contributed by atoms with E-state index in [4.69, 9.17) is 9.05 Å². The number of hydrogen-bond donors (Lipinski definition) is 0. The van der Waals surface area contributed by atoms with Crippen LogP contribution >= 0.6 is 7.60 Å². The fraction of sp³-hybridized carbons (Fsp3) is 0.438. The molecule has 0 aliphatic rings. The molecule has 0 aromatic heterocycles. The summed E-state index contributed by atoms with van der Waals surface area (Å²) >= 11 is 0. The van der Waals surface area contributed by atoms with Crippen LogP contribution < -0.4 is 0 Å². The Morgan fingerprint density at radius 3 is 2.32 bits per heavy atom. The molecule has 0 unspecified atom stereocenters. The highest BCUT2D eigenvalue weighted by atomic mass is 31.2. The van der Waals surface area contributed by atoms with E-state index in [1.54, 1.807) is 24.8 Å². The highest BCUT2D eigenvalue weighted by molar-refractivity contribution is 7.54. The van der Waals surface area contributed by atoms with Crippen molar-refractivity contribution in [2.45, 2.75) is 20.4 Å². The molecule has 0 aliphatic heterocycles. The first-order valence-corrected chi connectivity index (χ1v) is 9.08. The third kappa shape index (κ3) is 6.14. The Morgan fingerprint density at radius 2 is 1.82 bits per heavy atom. The predicted molar refractivity (Wildman–Crippen MR) is 87.8 cm³/mol. The van der Waals surface area contributed by atoms with Gasteiger partial charge in [0.15, 0.2) is 0 Å². The van der Waals surface area contributed by atoms with Gasteiger partial charge in [0.1, 0.15) is 6.16 Å². The van der Waals surface area contributed by atoms with Crippen LogP contribution in [0.25, 0.3) is 0 Å². The van der Waals surface area contributed by atoms with Gasteiger partial charge in [-0.1, -0.05) is 36.4 Å². The Hall–Kier alpha value is -1.42. The Morgan fingerprint density at radius 1 is 1.23 bits per heavy atom. The summed E-state index contributed by atoms with van der Waals surface area (Å²) < 4.78 is 22.8. The number of nitrogens with zero attached hydrogens (tertiary/aromatic N) is 1. The zero-order valence-electron chi connectivity index (χ0n) is 13.2. The molecule has 0 heterocycles.